The normalized spacial score (nSPS) is 15.9. The minimum Gasteiger partial charge on any atom is -0.444 e. The summed E-state index contributed by atoms with van der Waals surface area (Å²) in [7, 11) is 1.88. The average molecular weight is 488 g/mol. The molecule has 0 aromatic carbocycles. The lowest BCUT2D eigenvalue weighted by molar-refractivity contribution is -0.344. The number of carbonyl (C=O) groups excluding carboxylic acids is 1. The molecular weight excluding hydrogens is 451 g/mol. The molecule has 0 unspecified atom stereocenters. The molecule has 0 saturated carbocycles. The van der Waals surface area contributed by atoms with Crippen LogP contribution in [0.3, 0.4) is 0 Å². The molecule has 1 aromatic rings. The number of anilines is 2. The maximum atomic E-state index is 12.6. The number of hydrogen-bond donors (Lipinski definition) is 1. The Bertz CT molecular complexity index is 876. The van der Waals surface area contributed by atoms with E-state index in [0.29, 0.717) is 30.5 Å². The molecule has 1 aliphatic heterocycles. The second-order valence-electron chi connectivity index (χ2n) is 9.46. The first-order valence-corrected chi connectivity index (χ1v) is 11.4. The van der Waals surface area contributed by atoms with Gasteiger partial charge >= 0.3 is 12.5 Å². The minimum atomic E-state index is -4.64. The van der Waals surface area contributed by atoms with Crippen molar-refractivity contribution in [2.45, 2.75) is 85.4 Å². The summed E-state index contributed by atoms with van der Waals surface area (Å²) in [5.74, 6) is 1.67. The first-order valence-electron chi connectivity index (χ1n) is 11.4. The third-order valence-corrected chi connectivity index (χ3v) is 5.28. The summed E-state index contributed by atoms with van der Waals surface area (Å²) in [6.07, 6.45) is -2.78. The molecule has 8 nitrogen and oxygen atoms in total. The number of allylic oxidation sites excluding steroid dienone is 1. The van der Waals surface area contributed by atoms with Gasteiger partial charge in [-0.1, -0.05) is 12.5 Å². The van der Waals surface area contributed by atoms with Gasteiger partial charge in [-0.25, -0.2) is 14.8 Å². The average Bonchev–Trinajstić information content (AvgIpc) is 2.71. The van der Waals surface area contributed by atoms with Crippen molar-refractivity contribution in [2.24, 2.45) is 0 Å². The van der Waals surface area contributed by atoms with Gasteiger partial charge in [0.15, 0.2) is 5.82 Å². The van der Waals surface area contributed by atoms with Crippen molar-refractivity contribution in [1.82, 2.24) is 15.3 Å². The first-order chi connectivity index (χ1) is 15.7. The van der Waals surface area contributed by atoms with Crippen molar-refractivity contribution in [3.63, 3.8) is 0 Å². The van der Waals surface area contributed by atoms with E-state index >= 15 is 0 Å². The van der Waals surface area contributed by atoms with Crippen molar-refractivity contribution < 1.29 is 27.4 Å². The SMILES string of the molecule is CC/C(C)=C/N(C)c1nc(CNC(=O)OC(C)(C)C)nc(N2CCC(OC(F)(F)F)CC2)c1C. The Kier molecular flexibility index (Phi) is 9.15. The predicted molar refractivity (Wildman–Crippen MR) is 125 cm³/mol. The van der Waals surface area contributed by atoms with Crippen molar-refractivity contribution >= 4 is 17.7 Å². The lowest BCUT2D eigenvalue weighted by atomic mass is 10.1. The molecule has 0 radical (unpaired) electrons. The number of aromatic nitrogens is 2. The Labute approximate surface area is 199 Å². The van der Waals surface area contributed by atoms with Crippen LogP contribution in [0, 0.1) is 6.92 Å². The maximum Gasteiger partial charge on any atom is 0.522 e. The van der Waals surface area contributed by atoms with Gasteiger partial charge in [-0.3, -0.25) is 4.74 Å². The molecule has 0 spiro atoms. The maximum absolute atomic E-state index is 12.6. The number of carbonyl (C=O) groups is 1. The van der Waals surface area contributed by atoms with Crippen LogP contribution < -0.4 is 15.1 Å². The summed E-state index contributed by atoms with van der Waals surface area (Å²) in [5, 5.41) is 2.67. The summed E-state index contributed by atoms with van der Waals surface area (Å²) in [6, 6.07) is 0. The molecular formula is C23H36F3N5O3. The Morgan fingerprint density at radius 3 is 2.38 bits per heavy atom. The van der Waals surface area contributed by atoms with E-state index in [4.69, 9.17) is 4.74 Å². The predicted octanol–water partition coefficient (Wildman–Crippen LogP) is 5.06. The monoisotopic (exact) mass is 487 g/mol. The first kappa shape index (κ1) is 27.7. The van der Waals surface area contributed by atoms with Crippen LogP contribution in [0.25, 0.3) is 0 Å². The smallest absolute Gasteiger partial charge is 0.444 e. The quantitative estimate of drug-likeness (QED) is 0.576. The fourth-order valence-electron chi connectivity index (χ4n) is 3.59. The Morgan fingerprint density at radius 2 is 1.85 bits per heavy atom. The van der Waals surface area contributed by atoms with Crippen LogP contribution in [-0.4, -0.2) is 54.3 Å². The highest BCUT2D eigenvalue weighted by atomic mass is 19.4. The fraction of sp³-hybridized carbons (Fsp3) is 0.696. The number of hydrogen-bond acceptors (Lipinski definition) is 7. The third-order valence-electron chi connectivity index (χ3n) is 5.28. The standard InChI is InChI=1S/C23H36F3N5O3/c1-8-15(2)14-30(7)19-16(3)20(31-11-9-17(10-12-31)33-23(24,25)26)29-18(28-19)13-27-21(32)34-22(4,5)6/h14,17H,8-13H2,1-7H3,(H,27,32)/b15-14+. The molecule has 34 heavy (non-hydrogen) atoms. The van der Waals surface area contributed by atoms with Crippen molar-refractivity contribution in [3.05, 3.63) is 23.2 Å². The van der Waals surface area contributed by atoms with Crippen LogP contribution in [0.1, 0.15) is 65.3 Å². The van der Waals surface area contributed by atoms with Crippen molar-refractivity contribution in [1.29, 1.82) is 0 Å². The highest BCUT2D eigenvalue weighted by Gasteiger charge is 2.35. The number of amides is 1. The number of halogens is 3. The van der Waals surface area contributed by atoms with Crippen LogP contribution in [-0.2, 0) is 16.0 Å². The molecule has 1 amide bonds. The van der Waals surface area contributed by atoms with Gasteiger partial charge in [0.2, 0.25) is 0 Å². The Hall–Kier alpha value is -2.56. The molecule has 1 fully saturated rings. The Morgan fingerprint density at radius 1 is 1.24 bits per heavy atom. The number of piperidine rings is 1. The topological polar surface area (TPSA) is 79.8 Å². The highest BCUT2D eigenvalue weighted by Crippen LogP contribution is 2.31. The zero-order valence-corrected chi connectivity index (χ0v) is 21.0. The number of nitrogens with one attached hydrogen (secondary N) is 1. The molecule has 0 atom stereocenters. The van der Waals surface area contributed by atoms with E-state index in [1.54, 1.807) is 20.8 Å². The summed E-state index contributed by atoms with van der Waals surface area (Å²) < 4.78 is 47.3. The van der Waals surface area contributed by atoms with Gasteiger partial charge in [0.1, 0.15) is 17.2 Å². The molecule has 2 rings (SSSR count). The van der Waals surface area contributed by atoms with Crippen molar-refractivity contribution in [2.75, 3.05) is 29.9 Å². The number of alkyl carbamates (subject to hydrolysis) is 1. The summed E-state index contributed by atoms with van der Waals surface area (Å²) in [6.45, 7) is 12.1. The van der Waals surface area contributed by atoms with Gasteiger partial charge in [-0.15, -0.1) is 13.2 Å². The zero-order valence-electron chi connectivity index (χ0n) is 21.0. The van der Waals surface area contributed by atoms with Gasteiger partial charge in [0.05, 0.1) is 12.6 Å². The lowest BCUT2D eigenvalue weighted by Crippen LogP contribution is -2.40. The van der Waals surface area contributed by atoms with Crippen LogP contribution in [0.2, 0.25) is 0 Å². The molecule has 11 heteroatoms. The van der Waals surface area contributed by atoms with Crippen molar-refractivity contribution in [3.8, 4) is 0 Å². The third kappa shape index (κ3) is 8.66. The molecule has 1 N–H and O–H groups in total. The highest BCUT2D eigenvalue weighted by molar-refractivity contribution is 5.67. The van der Waals surface area contributed by atoms with Crippen LogP contribution in [0.4, 0.5) is 29.6 Å². The van der Waals surface area contributed by atoms with Crippen LogP contribution in [0.15, 0.2) is 11.8 Å². The fourth-order valence-corrected chi connectivity index (χ4v) is 3.59. The summed E-state index contributed by atoms with van der Waals surface area (Å²) in [4.78, 5) is 25.2. The van der Waals surface area contributed by atoms with Gasteiger partial charge in [-0.05, 0) is 53.9 Å². The van der Waals surface area contributed by atoms with Gasteiger partial charge in [0.25, 0.3) is 0 Å². The van der Waals surface area contributed by atoms with E-state index in [0.717, 1.165) is 17.6 Å². The van der Waals surface area contributed by atoms with E-state index < -0.39 is 24.2 Å². The molecule has 1 aromatic heterocycles. The van der Waals surface area contributed by atoms with Gasteiger partial charge in [-0.2, -0.15) is 0 Å². The van der Waals surface area contributed by atoms with E-state index in [2.05, 4.69) is 26.9 Å². The minimum absolute atomic E-state index is 0.0488. The van der Waals surface area contributed by atoms with E-state index in [-0.39, 0.29) is 19.4 Å². The van der Waals surface area contributed by atoms with Gasteiger partial charge in [0, 0.05) is 31.9 Å². The molecule has 2 heterocycles. The largest absolute Gasteiger partial charge is 0.522 e. The van der Waals surface area contributed by atoms with E-state index in [1.807, 2.05) is 36.9 Å². The molecule has 0 bridgehead atoms. The number of ether oxygens (including phenoxy) is 2. The number of rotatable bonds is 7. The second kappa shape index (κ2) is 11.2. The molecule has 1 aliphatic rings. The summed E-state index contributed by atoms with van der Waals surface area (Å²) >= 11 is 0. The molecule has 0 aliphatic carbocycles. The lowest BCUT2D eigenvalue weighted by Gasteiger charge is -2.34. The Balaban J connectivity index is 2.29. The number of alkyl halides is 3. The van der Waals surface area contributed by atoms with E-state index in [1.165, 1.54) is 0 Å². The summed E-state index contributed by atoms with van der Waals surface area (Å²) in [5.41, 5.74) is 1.32. The van der Waals surface area contributed by atoms with E-state index in [9.17, 15) is 18.0 Å². The molecule has 1 saturated heterocycles. The van der Waals surface area contributed by atoms with Crippen LogP contribution >= 0.6 is 0 Å². The van der Waals surface area contributed by atoms with Gasteiger partial charge < -0.3 is 19.9 Å². The van der Waals surface area contributed by atoms with Crippen LogP contribution in [0.5, 0.6) is 0 Å². The zero-order chi connectivity index (χ0) is 25.7. The number of nitrogens with zero attached hydrogens (tertiary/aromatic N) is 4. The molecule has 192 valence electrons. The second-order valence-corrected chi connectivity index (χ2v) is 9.46.